The van der Waals surface area contributed by atoms with Crippen LogP contribution in [0.1, 0.15) is 32.2 Å². The largest absolute Gasteiger partial charge is 0.465 e. The maximum Gasteiger partial charge on any atom is 0.348 e. The second-order valence-corrected chi connectivity index (χ2v) is 7.74. The molecule has 1 atom stereocenters. The van der Waals surface area contributed by atoms with Crippen LogP contribution in [0.15, 0.2) is 29.6 Å². The lowest BCUT2D eigenvalue weighted by molar-refractivity contribution is -0.121. The Balaban J connectivity index is 1.61. The van der Waals surface area contributed by atoms with Gasteiger partial charge in [-0.2, -0.15) is 0 Å². The second kappa shape index (κ2) is 7.79. The average Bonchev–Trinajstić information content (AvgIpc) is 3.32. The number of hydrogen-bond acceptors (Lipinski definition) is 6. The molecule has 2 amide bonds. The maximum atomic E-state index is 12.5. The number of amides is 2. The molecule has 0 aromatic carbocycles. The third-order valence-electron chi connectivity index (χ3n) is 4.05. The molecule has 1 fully saturated rings. The third-order valence-corrected chi connectivity index (χ3v) is 5.89. The number of methoxy groups -OCH3 is 1. The summed E-state index contributed by atoms with van der Waals surface area (Å²) in [6.45, 7) is 1.09. The van der Waals surface area contributed by atoms with E-state index in [4.69, 9.17) is 0 Å². The molecule has 0 radical (unpaired) electrons. The molecule has 0 saturated carbocycles. The van der Waals surface area contributed by atoms with Crippen LogP contribution in [0, 0.1) is 5.92 Å². The topological polar surface area (TPSA) is 75.7 Å². The summed E-state index contributed by atoms with van der Waals surface area (Å²) in [6.07, 6.45) is 1.54. The Bertz CT molecular complexity index is 769. The number of nitrogens with zero attached hydrogens (tertiary/aromatic N) is 1. The van der Waals surface area contributed by atoms with Crippen LogP contribution >= 0.6 is 22.7 Å². The van der Waals surface area contributed by atoms with Gasteiger partial charge in [-0.3, -0.25) is 9.59 Å². The number of ether oxygens (including phenoxy) is 1. The summed E-state index contributed by atoms with van der Waals surface area (Å²) in [5, 5.41) is 5.32. The minimum Gasteiger partial charge on any atom is -0.465 e. The zero-order valence-corrected chi connectivity index (χ0v) is 15.3. The number of carbonyl (C=O) groups is 3. The molecule has 0 unspecified atom stereocenters. The van der Waals surface area contributed by atoms with E-state index in [0.717, 1.165) is 12.8 Å². The Morgan fingerprint density at radius 1 is 1.24 bits per heavy atom. The van der Waals surface area contributed by atoms with Gasteiger partial charge in [0.05, 0.1) is 22.9 Å². The van der Waals surface area contributed by atoms with Crippen molar-refractivity contribution in [3.63, 3.8) is 0 Å². The first-order chi connectivity index (χ1) is 12.1. The number of thiophene rings is 2. The fourth-order valence-electron chi connectivity index (χ4n) is 2.77. The highest BCUT2D eigenvalue weighted by Gasteiger charge is 2.29. The molecule has 1 aliphatic heterocycles. The van der Waals surface area contributed by atoms with Crippen molar-refractivity contribution in [1.82, 2.24) is 4.90 Å². The van der Waals surface area contributed by atoms with Gasteiger partial charge in [0.25, 0.3) is 5.91 Å². The Kier molecular flexibility index (Phi) is 5.50. The van der Waals surface area contributed by atoms with Gasteiger partial charge in [0.15, 0.2) is 0 Å². The Morgan fingerprint density at radius 3 is 2.80 bits per heavy atom. The number of carbonyl (C=O) groups excluding carboxylic acids is 3. The summed E-state index contributed by atoms with van der Waals surface area (Å²) in [5.74, 6) is -0.809. The van der Waals surface area contributed by atoms with Crippen molar-refractivity contribution in [2.75, 3.05) is 25.5 Å². The molecule has 3 rings (SSSR count). The van der Waals surface area contributed by atoms with Gasteiger partial charge in [0, 0.05) is 13.1 Å². The molecular weight excluding hydrogens is 360 g/mol. The number of esters is 1. The third kappa shape index (κ3) is 4.08. The van der Waals surface area contributed by atoms with Crippen molar-refractivity contribution in [2.45, 2.75) is 12.8 Å². The predicted octanol–water partition coefficient (Wildman–Crippen LogP) is 3.09. The van der Waals surface area contributed by atoms with E-state index in [1.54, 1.807) is 23.1 Å². The molecule has 1 saturated heterocycles. The number of piperidine rings is 1. The number of hydrogen-bond donors (Lipinski definition) is 1. The van der Waals surface area contributed by atoms with E-state index in [0.29, 0.717) is 27.8 Å². The number of nitrogens with one attached hydrogen (secondary N) is 1. The normalized spacial score (nSPS) is 17.2. The summed E-state index contributed by atoms with van der Waals surface area (Å²) >= 11 is 2.59. The average molecular weight is 378 g/mol. The van der Waals surface area contributed by atoms with Gasteiger partial charge >= 0.3 is 5.97 Å². The lowest BCUT2D eigenvalue weighted by Crippen LogP contribution is -2.43. The van der Waals surface area contributed by atoms with Crippen LogP contribution in [0.25, 0.3) is 0 Å². The molecule has 3 heterocycles. The minimum absolute atomic E-state index is 0.0170. The van der Waals surface area contributed by atoms with Gasteiger partial charge in [0.2, 0.25) is 5.91 Å². The first-order valence-electron chi connectivity index (χ1n) is 7.90. The summed E-state index contributed by atoms with van der Waals surface area (Å²) < 4.78 is 4.66. The van der Waals surface area contributed by atoms with Crippen molar-refractivity contribution in [3.8, 4) is 0 Å². The van der Waals surface area contributed by atoms with Crippen LogP contribution in [0.5, 0.6) is 0 Å². The van der Waals surface area contributed by atoms with Gasteiger partial charge in [-0.05, 0) is 36.4 Å². The van der Waals surface area contributed by atoms with Gasteiger partial charge in [-0.25, -0.2) is 4.79 Å². The Morgan fingerprint density at radius 2 is 2.08 bits per heavy atom. The smallest absolute Gasteiger partial charge is 0.348 e. The molecule has 8 heteroatoms. The van der Waals surface area contributed by atoms with Crippen molar-refractivity contribution in [1.29, 1.82) is 0 Å². The number of anilines is 1. The van der Waals surface area contributed by atoms with E-state index in [2.05, 4.69) is 10.1 Å². The SMILES string of the molecule is COC(=O)c1ccc(NC(=O)[C@H]2CCCN(C(=O)c3cccs3)C2)s1. The van der Waals surface area contributed by atoms with Gasteiger partial charge in [-0.15, -0.1) is 22.7 Å². The molecule has 1 N–H and O–H groups in total. The fourth-order valence-corrected chi connectivity index (χ4v) is 4.29. The van der Waals surface area contributed by atoms with E-state index in [9.17, 15) is 14.4 Å². The highest BCUT2D eigenvalue weighted by Crippen LogP contribution is 2.25. The van der Waals surface area contributed by atoms with E-state index in [1.807, 2.05) is 11.4 Å². The van der Waals surface area contributed by atoms with Crippen LogP contribution in [0.4, 0.5) is 5.00 Å². The first-order valence-corrected chi connectivity index (χ1v) is 9.60. The van der Waals surface area contributed by atoms with Crippen molar-refractivity contribution in [3.05, 3.63) is 39.4 Å². The van der Waals surface area contributed by atoms with E-state index in [1.165, 1.54) is 29.8 Å². The molecule has 132 valence electrons. The molecule has 2 aromatic heterocycles. The second-order valence-electron chi connectivity index (χ2n) is 5.71. The standard InChI is InChI=1S/C17H18N2O4S2/c1-23-17(22)13-6-7-14(25-13)18-15(20)11-4-2-8-19(10-11)16(21)12-5-3-9-24-12/h3,5-7,9,11H,2,4,8,10H2,1H3,(H,18,20)/t11-/m0/s1. The molecule has 2 aromatic rings. The molecule has 6 nitrogen and oxygen atoms in total. The monoisotopic (exact) mass is 378 g/mol. The van der Waals surface area contributed by atoms with Gasteiger partial charge in [-0.1, -0.05) is 6.07 Å². The minimum atomic E-state index is -0.420. The lowest BCUT2D eigenvalue weighted by Gasteiger charge is -2.31. The van der Waals surface area contributed by atoms with E-state index >= 15 is 0 Å². The van der Waals surface area contributed by atoms with Crippen LogP contribution < -0.4 is 5.32 Å². The highest BCUT2D eigenvalue weighted by atomic mass is 32.1. The zero-order chi connectivity index (χ0) is 17.8. The van der Waals surface area contributed by atoms with Gasteiger partial charge in [0.1, 0.15) is 4.88 Å². The molecular formula is C17H18N2O4S2. The van der Waals surface area contributed by atoms with E-state index < -0.39 is 5.97 Å². The molecule has 0 bridgehead atoms. The number of rotatable bonds is 4. The molecule has 0 spiro atoms. The molecule has 1 aliphatic rings. The Labute approximate surface area is 153 Å². The zero-order valence-electron chi connectivity index (χ0n) is 13.7. The predicted molar refractivity (Wildman–Crippen MR) is 97.2 cm³/mol. The van der Waals surface area contributed by atoms with E-state index in [-0.39, 0.29) is 17.7 Å². The summed E-state index contributed by atoms with van der Waals surface area (Å²) in [6, 6.07) is 6.96. The summed E-state index contributed by atoms with van der Waals surface area (Å²) in [5.41, 5.74) is 0. The van der Waals surface area contributed by atoms with Crippen LogP contribution in [0.3, 0.4) is 0 Å². The van der Waals surface area contributed by atoms with Crippen molar-refractivity contribution < 1.29 is 19.1 Å². The van der Waals surface area contributed by atoms with Crippen LogP contribution in [-0.2, 0) is 9.53 Å². The van der Waals surface area contributed by atoms with Crippen LogP contribution in [0.2, 0.25) is 0 Å². The molecule has 25 heavy (non-hydrogen) atoms. The van der Waals surface area contributed by atoms with Gasteiger partial charge < -0.3 is 15.0 Å². The summed E-state index contributed by atoms with van der Waals surface area (Å²) in [4.78, 5) is 39.3. The number of likely N-dealkylation sites (tertiary alicyclic amines) is 1. The highest BCUT2D eigenvalue weighted by molar-refractivity contribution is 7.18. The quantitative estimate of drug-likeness (QED) is 0.830. The first kappa shape index (κ1) is 17.6. The Hall–Kier alpha value is -2.19. The van der Waals surface area contributed by atoms with Crippen LogP contribution in [-0.4, -0.2) is 42.9 Å². The lowest BCUT2D eigenvalue weighted by atomic mass is 9.97. The van der Waals surface area contributed by atoms with Crippen molar-refractivity contribution >= 4 is 45.5 Å². The van der Waals surface area contributed by atoms with Crippen molar-refractivity contribution in [2.24, 2.45) is 5.92 Å². The summed E-state index contributed by atoms with van der Waals surface area (Å²) in [7, 11) is 1.32. The fraction of sp³-hybridized carbons (Fsp3) is 0.353. The maximum absolute atomic E-state index is 12.5. The molecule has 0 aliphatic carbocycles.